The molecule has 0 spiro atoms. The molecule has 3 nitrogen and oxygen atoms in total. The van der Waals surface area contributed by atoms with Gasteiger partial charge in [0.1, 0.15) is 0 Å². The Hall–Kier alpha value is -2.29. The lowest BCUT2D eigenvalue weighted by atomic mass is 9.83. The van der Waals surface area contributed by atoms with Gasteiger partial charge in [0.2, 0.25) is 0 Å². The monoisotopic (exact) mass is 352 g/mol. The van der Waals surface area contributed by atoms with Gasteiger partial charge < -0.3 is 10.2 Å². The molecule has 0 aliphatic rings. The topological polar surface area (TPSA) is 32.3 Å². The van der Waals surface area contributed by atoms with Crippen LogP contribution in [0, 0.1) is 0 Å². The van der Waals surface area contributed by atoms with Crippen molar-refractivity contribution in [2.75, 3.05) is 7.05 Å². The number of benzene rings is 2. The maximum absolute atomic E-state index is 13.2. The summed E-state index contributed by atoms with van der Waals surface area (Å²) in [7, 11) is 1.91. The normalized spacial score (nSPS) is 13.7. The lowest BCUT2D eigenvalue weighted by Crippen LogP contribution is -2.55. The largest absolute Gasteiger partial charge is 0.329 e. The highest BCUT2D eigenvalue weighted by Crippen LogP contribution is 2.35. The molecule has 0 aliphatic heterocycles. The van der Waals surface area contributed by atoms with Gasteiger partial charge in [0.05, 0.1) is 11.1 Å². The summed E-state index contributed by atoms with van der Waals surface area (Å²) in [6, 6.07) is 20.5. The second-order valence-corrected chi connectivity index (χ2v) is 7.15. The highest BCUT2D eigenvalue weighted by atomic mass is 16.2. The predicted molar refractivity (Wildman–Crippen MR) is 109 cm³/mol. The molecule has 0 bridgehead atoms. The van der Waals surface area contributed by atoms with Crippen molar-refractivity contribution in [1.29, 1.82) is 0 Å². The molecule has 0 heterocycles. The summed E-state index contributed by atoms with van der Waals surface area (Å²) in [6.07, 6.45) is 2.56. The number of amides is 2. The molecule has 1 N–H and O–H groups in total. The van der Waals surface area contributed by atoms with Crippen LogP contribution >= 0.6 is 0 Å². The van der Waals surface area contributed by atoms with Gasteiger partial charge in [-0.15, -0.1) is 0 Å². The molecule has 3 heteroatoms. The zero-order valence-electron chi connectivity index (χ0n) is 16.8. The van der Waals surface area contributed by atoms with Crippen molar-refractivity contribution < 1.29 is 4.79 Å². The molecule has 1 atom stereocenters. The third-order valence-electron chi connectivity index (χ3n) is 5.93. The van der Waals surface area contributed by atoms with Gasteiger partial charge in [-0.05, 0) is 37.3 Å². The molecule has 0 saturated heterocycles. The SMILES string of the molecule is CCC(C)(NC(=O)N(C)C(CC)(CC)c1ccccc1)c1ccccc1. The van der Waals surface area contributed by atoms with Crippen LogP contribution in [0.2, 0.25) is 0 Å². The number of carbonyl (C=O) groups is 1. The summed E-state index contributed by atoms with van der Waals surface area (Å²) in [5.74, 6) is 0. The van der Waals surface area contributed by atoms with E-state index in [4.69, 9.17) is 0 Å². The number of nitrogens with one attached hydrogen (secondary N) is 1. The Kier molecular flexibility index (Phi) is 6.47. The summed E-state index contributed by atoms with van der Waals surface area (Å²) >= 11 is 0. The van der Waals surface area contributed by atoms with E-state index in [0.29, 0.717) is 0 Å². The van der Waals surface area contributed by atoms with Gasteiger partial charge in [0, 0.05) is 7.05 Å². The minimum Gasteiger partial charge on any atom is -0.329 e. The van der Waals surface area contributed by atoms with Gasteiger partial charge in [0.25, 0.3) is 0 Å². The fourth-order valence-electron chi connectivity index (χ4n) is 3.76. The first-order valence-corrected chi connectivity index (χ1v) is 9.60. The second-order valence-electron chi connectivity index (χ2n) is 7.15. The first-order chi connectivity index (χ1) is 12.4. The summed E-state index contributed by atoms with van der Waals surface area (Å²) in [5, 5.41) is 3.29. The van der Waals surface area contributed by atoms with Gasteiger partial charge >= 0.3 is 6.03 Å². The zero-order chi connectivity index (χ0) is 19.2. The molecule has 26 heavy (non-hydrogen) atoms. The summed E-state index contributed by atoms with van der Waals surface area (Å²) in [6.45, 7) is 8.50. The number of nitrogens with zero attached hydrogens (tertiary/aromatic N) is 1. The standard InChI is InChI=1S/C23H32N2O/c1-6-22(4,19-15-11-9-12-16-19)24-21(26)25(5)23(7-2,8-3)20-17-13-10-14-18-20/h9-18H,6-8H2,1-5H3,(H,24,26). The van der Waals surface area contributed by atoms with E-state index in [1.807, 2.05) is 48.3 Å². The molecule has 0 radical (unpaired) electrons. The van der Waals surface area contributed by atoms with Crippen LogP contribution in [0.15, 0.2) is 60.7 Å². The smallest absolute Gasteiger partial charge is 0.318 e. The number of hydrogen-bond donors (Lipinski definition) is 1. The van der Waals surface area contributed by atoms with Gasteiger partial charge in [-0.1, -0.05) is 81.4 Å². The fraction of sp³-hybridized carbons (Fsp3) is 0.435. The molecular weight excluding hydrogens is 320 g/mol. The molecule has 0 aliphatic carbocycles. The van der Waals surface area contributed by atoms with Gasteiger partial charge in [0.15, 0.2) is 0 Å². The van der Waals surface area contributed by atoms with Crippen molar-refractivity contribution >= 4 is 6.03 Å². The highest BCUT2D eigenvalue weighted by molar-refractivity contribution is 5.76. The van der Waals surface area contributed by atoms with E-state index < -0.39 is 5.54 Å². The third-order valence-corrected chi connectivity index (χ3v) is 5.93. The zero-order valence-corrected chi connectivity index (χ0v) is 16.8. The van der Waals surface area contributed by atoms with Crippen LogP contribution in [0.3, 0.4) is 0 Å². The van der Waals surface area contributed by atoms with Crippen molar-refractivity contribution in [2.45, 2.75) is 58.0 Å². The van der Waals surface area contributed by atoms with Crippen LogP contribution in [0.5, 0.6) is 0 Å². The number of carbonyl (C=O) groups excluding carboxylic acids is 1. The molecule has 0 fully saturated rings. The van der Waals surface area contributed by atoms with E-state index >= 15 is 0 Å². The van der Waals surface area contributed by atoms with Crippen molar-refractivity contribution in [2.24, 2.45) is 0 Å². The Morgan fingerprint density at radius 1 is 0.846 bits per heavy atom. The lowest BCUT2D eigenvalue weighted by molar-refractivity contribution is 0.115. The first-order valence-electron chi connectivity index (χ1n) is 9.60. The fourth-order valence-corrected chi connectivity index (χ4v) is 3.76. The van der Waals surface area contributed by atoms with Crippen LogP contribution in [-0.2, 0) is 11.1 Å². The van der Waals surface area contributed by atoms with Crippen LogP contribution in [-0.4, -0.2) is 18.0 Å². The van der Waals surface area contributed by atoms with E-state index in [9.17, 15) is 4.79 Å². The Morgan fingerprint density at radius 2 is 1.31 bits per heavy atom. The molecular formula is C23H32N2O. The summed E-state index contributed by atoms with van der Waals surface area (Å²) in [5.41, 5.74) is 1.61. The van der Waals surface area contributed by atoms with Crippen LogP contribution in [0.4, 0.5) is 4.79 Å². The van der Waals surface area contributed by atoms with Crippen LogP contribution < -0.4 is 5.32 Å². The molecule has 1 unspecified atom stereocenters. The minimum absolute atomic E-state index is 0.0363. The van der Waals surface area contributed by atoms with E-state index in [1.54, 1.807) is 0 Å². The Morgan fingerprint density at radius 3 is 1.73 bits per heavy atom. The molecule has 2 aromatic carbocycles. The quantitative estimate of drug-likeness (QED) is 0.684. The van der Waals surface area contributed by atoms with Crippen molar-refractivity contribution in [1.82, 2.24) is 10.2 Å². The third kappa shape index (κ3) is 3.77. The Balaban J connectivity index is 2.32. The average molecular weight is 353 g/mol. The Bertz CT molecular complexity index is 695. The Labute approximate surface area is 158 Å². The predicted octanol–water partition coefficient (Wildman–Crippen LogP) is 5.67. The van der Waals surface area contributed by atoms with Crippen molar-refractivity contribution in [3.05, 3.63) is 71.8 Å². The molecule has 140 valence electrons. The molecule has 2 rings (SSSR count). The summed E-state index contributed by atoms with van der Waals surface area (Å²) in [4.78, 5) is 15.1. The van der Waals surface area contributed by atoms with E-state index in [-0.39, 0.29) is 11.6 Å². The second kappa shape index (κ2) is 8.39. The average Bonchev–Trinajstić information content (AvgIpc) is 2.70. The van der Waals surface area contributed by atoms with Crippen molar-refractivity contribution in [3.8, 4) is 0 Å². The van der Waals surface area contributed by atoms with Gasteiger partial charge in [-0.3, -0.25) is 0 Å². The number of hydrogen-bond acceptors (Lipinski definition) is 1. The molecule has 0 saturated carbocycles. The number of urea groups is 1. The van der Waals surface area contributed by atoms with E-state index in [0.717, 1.165) is 24.8 Å². The molecule has 0 aromatic heterocycles. The minimum atomic E-state index is -0.392. The van der Waals surface area contributed by atoms with Crippen molar-refractivity contribution in [3.63, 3.8) is 0 Å². The lowest BCUT2D eigenvalue weighted by Gasteiger charge is -2.43. The maximum Gasteiger partial charge on any atom is 0.318 e. The summed E-state index contributed by atoms with van der Waals surface area (Å²) < 4.78 is 0. The van der Waals surface area contributed by atoms with Crippen LogP contribution in [0.1, 0.15) is 58.1 Å². The number of rotatable bonds is 7. The highest BCUT2D eigenvalue weighted by Gasteiger charge is 2.38. The van der Waals surface area contributed by atoms with E-state index in [2.05, 4.69) is 57.3 Å². The molecule has 2 aromatic rings. The first kappa shape index (κ1) is 20.0. The maximum atomic E-state index is 13.2. The van der Waals surface area contributed by atoms with E-state index in [1.165, 1.54) is 5.56 Å². The van der Waals surface area contributed by atoms with Crippen LogP contribution in [0.25, 0.3) is 0 Å². The van der Waals surface area contributed by atoms with Gasteiger partial charge in [-0.2, -0.15) is 0 Å². The van der Waals surface area contributed by atoms with Gasteiger partial charge in [-0.25, -0.2) is 4.79 Å². The molecule has 2 amide bonds.